The predicted molar refractivity (Wildman–Crippen MR) is 111 cm³/mol. The van der Waals surface area contributed by atoms with E-state index in [0.717, 1.165) is 0 Å². The van der Waals surface area contributed by atoms with E-state index in [-0.39, 0.29) is 17.5 Å². The van der Waals surface area contributed by atoms with Gasteiger partial charge in [-0.3, -0.25) is 4.79 Å². The van der Waals surface area contributed by atoms with E-state index < -0.39 is 0 Å². The van der Waals surface area contributed by atoms with Crippen LogP contribution in [-0.4, -0.2) is 43.2 Å². The minimum atomic E-state index is -0.342. The molecule has 2 heterocycles. The number of carbonyl (C=O) groups excluding carboxylic acids is 1. The number of anilines is 1. The molecule has 0 aliphatic heterocycles. The molecule has 0 radical (unpaired) electrons. The fourth-order valence-corrected chi connectivity index (χ4v) is 3.49. The number of ether oxygens (including phenoxy) is 1. The lowest BCUT2D eigenvalue weighted by molar-refractivity contribution is -0.113. The number of para-hydroxylation sites is 2. The molecule has 0 bridgehead atoms. The third-order valence-electron chi connectivity index (χ3n) is 4.08. The molecule has 1 amide bonds. The summed E-state index contributed by atoms with van der Waals surface area (Å²) >= 11 is 1.23. The molecule has 0 saturated heterocycles. The monoisotopic (exact) mass is 424 g/mol. The average molecular weight is 424 g/mol. The Labute approximate surface area is 175 Å². The van der Waals surface area contributed by atoms with Crippen molar-refractivity contribution in [2.45, 2.75) is 11.9 Å². The molecule has 0 unspecified atom stereocenters. The summed E-state index contributed by atoms with van der Waals surface area (Å²) in [5, 5.41) is 11.6. The number of nitrogens with zero attached hydrogens (tertiary/aromatic N) is 5. The second kappa shape index (κ2) is 8.87. The summed E-state index contributed by atoms with van der Waals surface area (Å²) in [5.74, 6) is 0.191. The molecule has 0 aliphatic rings. The molecule has 10 heteroatoms. The molecule has 30 heavy (non-hydrogen) atoms. The molecule has 0 aliphatic carbocycles. The molecule has 1 N–H and O–H groups in total. The number of hydrogen-bond donors (Lipinski definition) is 1. The number of fused-ring (bicyclic) bond motifs is 1. The Kier molecular flexibility index (Phi) is 5.84. The summed E-state index contributed by atoms with van der Waals surface area (Å²) in [7, 11) is 0. The highest BCUT2D eigenvalue weighted by Crippen LogP contribution is 2.26. The normalized spacial score (nSPS) is 10.9. The lowest BCUT2D eigenvalue weighted by Gasteiger charge is -2.11. The van der Waals surface area contributed by atoms with Gasteiger partial charge in [-0.05, 0) is 43.3 Å². The third kappa shape index (κ3) is 4.23. The van der Waals surface area contributed by atoms with Crippen molar-refractivity contribution >= 4 is 34.5 Å². The molecule has 4 aromatic rings. The molecule has 152 valence electrons. The molecule has 0 spiro atoms. The summed E-state index contributed by atoms with van der Waals surface area (Å²) in [4.78, 5) is 20.9. The van der Waals surface area contributed by atoms with Crippen molar-refractivity contribution in [3.63, 3.8) is 0 Å². The first-order valence-corrected chi connectivity index (χ1v) is 10.1. The first-order chi connectivity index (χ1) is 14.7. The zero-order valence-corrected chi connectivity index (χ0v) is 16.8. The van der Waals surface area contributed by atoms with Crippen molar-refractivity contribution in [2.75, 3.05) is 17.7 Å². The molecular weight excluding hydrogens is 407 g/mol. The fraction of sp³-hybridized carbons (Fsp3) is 0.150. The van der Waals surface area contributed by atoms with Crippen LogP contribution >= 0.6 is 11.8 Å². The topological polar surface area (TPSA) is 94.8 Å². The van der Waals surface area contributed by atoms with Gasteiger partial charge >= 0.3 is 0 Å². The van der Waals surface area contributed by atoms with Crippen LogP contribution in [0.4, 0.5) is 10.1 Å². The Morgan fingerprint density at radius 1 is 1.17 bits per heavy atom. The van der Waals surface area contributed by atoms with Gasteiger partial charge < -0.3 is 10.1 Å². The van der Waals surface area contributed by atoms with E-state index in [1.165, 1.54) is 34.9 Å². The predicted octanol–water partition coefficient (Wildman–Crippen LogP) is 3.48. The van der Waals surface area contributed by atoms with Crippen LogP contribution in [0.25, 0.3) is 16.9 Å². The van der Waals surface area contributed by atoms with Gasteiger partial charge in [0.15, 0.2) is 11.2 Å². The smallest absolute Gasteiger partial charge is 0.234 e. The van der Waals surface area contributed by atoms with Gasteiger partial charge in [-0.2, -0.15) is 4.68 Å². The van der Waals surface area contributed by atoms with E-state index in [0.29, 0.717) is 39.9 Å². The number of amides is 1. The average Bonchev–Trinajstić information content (AvgIpc) is 3.19. The van der Waals surface area contributed by atoms with Crippen molar-refractivity contribution in [1.82, 2.24) is 25.0 Å². The number of carbonyl (C=O) groups is 1. The summed E-state index contributed by atoms with van der Waals surface area (Å²) in [5.41, 5.74) is 2.18. The van der Waals surface area contributed by atoms with Gasteiger partial charge in [0.25, 0.3) is 0 Å². The Balaban J connectivity index is 1.49. The fourth-order valence-electron chi connectivity index (χ4n) is 2.76. The molecule has 2 aromatic carbocycles. The Morgan fingerprint density at radius 2 is 1.97 bits per heavy atom. The highest BCUT2D eigenvalue weighted by molar-refractivity contribution is 8.00. The van der Waals surface area contributed by atoms with Gasteiger partial charge in [-0.1, -0.05) is 29.1 Å². The number of hydrogen-bond acceptors (Lipinski definition) is 7. The molecule has 0 saturated carbocycles. The lowest BCUT2D eigenvalue weighted by atomic mass is 10.3. The van der Waals surface area contributed by atoms with Gasteiger partial charge in [0.1, 0.15) is 22.9 Å². The van der Waals surface area contributed by atoms with Crippen LogP contribution in [0.1, 0.15) is 6.92 Å². The van der Waals surface area contributed by atoms with Crippen LogP contribution in [0.2, 0.25) is 0 Å². The van der Waals surface area contributed by atoms with Crippen molar-refractivity contribution in [3.8, 4) is 11.4 Å². The molecule has 2 aromatic heterocycles. The van der Waals surface area contributed by atoms with E-state index in [4.69, 9.17) is 4.74 Å². The zero-order chi connectivity index (χ0) is 20.9. The van der Waals surface area contributed by atoms with Crippen molar-refractivity contribution < 1.29 is 13.9 Å². The minimum Gasteiger partial charge on any atom is -0.492 e. The number of aromatic nitrogens is 5. The Morgan fingerprint density at radius 3 is 2.77 bits per heavy atom. The van der Waals surface area contributed by atoms with Crippen molar-refractivity contribution in [1.29, 1.82) is 0 Å². The number of benzene rings is 2. The SMILES string of the molecule is CCOc1ccccc1NC(=O)CSc1ncnc2c1nnn2-c1ccc(F)cc1. The second-order valence-corrected chi connectivity index (χ2v) is 7.06. The molecule has 8 nitrogen and oxygen atoms in total. The number of rotatable bonds is 7. The van der Waals surface area contributed by atoms with Crippen LogP contribution in [0.3, 0.4) is 0 Å². The maximum Gasteiger partial charge on any atom is 0.234 e. The summed E-state index contributed by atoms with van der Waals surface area (Å²) < 4.78 is 20.2. The van der Waals surface area contributed by atoms with Crippen molar-refractivity contribution in [3.05, 3.63) is 60.7 Å². The van der Waals surface area contributed by atoms with E-state index in [2.05, 4.69) is 25.6 Å². The van der Waals surface area contributed by atoms with Crippen LogP contribution in [0, 0.1) is 5.82 Å². The first-order valence-electron chi connectivity index (χ1n) is 9.12. The zero-order valence-electron chi connectivity index (χ0n) is 15.9. The third-order valence-corrected chi connectivity index (χ3v) is 5.06. The Hall–Kier alpha value is -3.53. The van der Waals surface area contributed by atoms with E-state index in [9.17, 15) is 9.18 Å². The van der Waals surface area contributed by atoms with E-state index >= 15 is 0 Å². The molecular formula is C20H17FN6O2S. The van der Waals surface area contributed by atoms with E-state index in [1.54, 1.807) is 24.3 Å². The van der Waals surface area contributed by atoms with E-state index in [1.807, 2.05) is 19.1 Å². The van der Waals surface area contributed by atoms with Gasteiger partial charge in [0.2, 0.25) is 5.91 Å². The highest BCUT2D eigenvalue weighted by atomic mass is 32.2. The molecule has 4 rings (SSSR count). The lowest BCUT2D eigenvalue weighted by Crippen LogP contribution is -2.15. The number of halogens is 1. The maximum atomic E-state index is 13.2. The summed E-state index contributed by atoms with van der Waals surface area (Å²) in [6.45, 7) is 2.39. The second-order valence-electron chi connectivity index (χ2n) is 6.09. The van der Waals surface area contributed by atoms with Gasteiger partial charge in [-0.15, -0.1) is 5.10 Å². The molecule has 0 atom stereocenters. The van der Waals surface area contributed by atoms with Gasteiger partial charge in [0.05, 0.1) is 23.7 Å². The molecule has 0 fully saturated rings. The van der Waals surface area contributed by atoms with Gasteiger partial charge in [-0.25, -0.2) is 14.4 Å². The van der Waals surface area contributed by atoms with Crippen LogP contribution in [0.15, 0.2) is 59.9 Å². The standard InChI is InChI=1S/C20H17FN6O2S/c1-2-29-16-6-4-3-5-15(16)24-17(28)11-30-20-18-19(22-12-23-20)27(26-25-18)14-9-7-13(21)8-10-14/h3-10,12H,2,11H2,1H3,(H,24,28). The van der Waals surface area contributed by atoms with Crippen molar-refractivity contribution in [2.24, 2.45) is 0 Å². The number of nitrogens with one attached hydrogen (secondary N) is 1. The van der Waals surface area contributed by atoms with Crippen LogP contribution < -0.4 is 10.1 Å². The van der Waals surface area contributed by atoms with Crippen LogP contribution in [-0.2, 0) is 4.79 Å². The number of thioether (sulfide) groups is 1. The van der Waals surface area contributed by atoms with Gasteiger partial charge in [0, 0.05) is 0 Å². The minimum absolute atomic E-state index is 0.121. The quantitative estimate of drug-likeness (QED) is 0.358. The highest BCUT2D eigenvalue weighted by Gasteiger charge is 2.15. The van der Waals surface area contributed by atoms with Crippen LogP contribution in [0.5, 0.6) is 5.75 Å². The Bertz CT molecular complexity index is 1180. The summed E-state index contributed by atoms with van der Waals surface area (Å²) in [6.07, 6.45) is 1.39. The first kappa shape index (κ1) is 19.8. The maximum absolute atomic E-state index is 13.2. The largest absolute Gasteiger partial charge is 0.492 e. The summed E-state index contributed by atoms with van der Waals surface area (Å²) in [6, 6.07) is 13.1.